The average Bonchev–Trinajstić information content (AvgIpc) is 2.97. The van der Waals surface area contributed by atoms with Gasteiger partial charge in [0.1, 0.15) is 29.1 Å². The first-order valence-corrected chi connectivity index (χ1v) is 13.3. The minimum Gasteiger partial charge on any atom is -0.382 e. The second kappa shape index (κ2) is 13.2. The highest BCUT2D eigenvalue weighted by atomic mass is 35.5. The normalized spacial score (nSPS) is 18.6. The highest BCUT2D eigenvalue weighted by Gasteiger charge is 2.32. The third kappa shape index (κ3) is 7.15. The zero-order valence-corrected chi connectivity index (χ0v) is 23.5. The molecule has 0 unspecified atom stereocenters. The van der Waals surface area contributed by atoms with Crippen LogP contribution in [0.25, 0.3) is 5.70 Å². The number of nitrogens with two attached hydrogens (primary N) is 1. The summed E-state index contributed by atoms with van der Waals surface area (Å²) >= 11 is 6.58. The van der Waals surface area contributed by atoms with E-state index < -0.39 is 17.6 Å². The van der Waals surface area contributed by atoms with Crippen molar-refractivity contribution in [1.29, 1.82) is 0 Å². The number of carbonyl (C=O) groups excluding carboxylic acids is 2. The number of piperidine rings is 1. The van der Waals surface area contributed by atoms with Gasteiger partial charge >= 0.3 is 6.18 Å². The van der Waals surface area contributed by atoms with Crippen molar-refractivity contribution in [3.8, 4) is 0 Å². The Labute approximate surface area is 245 Å². The Hall–Kier alpha value is -4.23. The molecule has 1 aromatic carbocycles. The number of aliphatic imine (C=N–C) groups is 2. The average molecular weight is 604 g/mol. The van der Waals surface area contributed by atoms with Gasteiger partial charge in [-0.1, -0.05) is 23.7 Å². The van der Waals surface area contributed by atoms with Gasteiger partial charge in [0.15, 0.2) is 0 Å². The minimum atomic E-state index is -4.57. The summed E-state index contributed by atoms with van der Waals surface area (Å²) in [5.41, 5.74) is 6.87. The van der Waals surface area contributed by atoms with Crippen LogP contribution in [0.2, 0.25) is 0 Å². The van der Waals surface area contributed by atoms with E-state index in [4.69, 9.17) is 22.1 Å². The zero-order chi connectivity index (χ0) is 30.4. The van der Waals surface area contributed by atoms with E-state index in [2.05, 4.69) is 27.0 Å². The maximum Gasteiger partial charge on any atom is 0.416 e. The second-order valence-corrected chi connectivity index (χ2v) is 10.1. The molecule has 2 aliphatic rings. The molecule has 0 spiro atoms. The molecule has 222 valence electrons. The highest BCUT2D eigenvalue weighted by molar-refractivity contribution is 6.30. The summed E-state index contributed by atoms with van der Waals surface area (Å²) in [6, 6.07) is 7.76. The molecule has 1 fully saturated rings. The summed E-state index contributed by atoms with van der Waals surface area (Å²) in [7, 11) is 1.48. The molecule has 2 aliphatic heterocycles. The molecule has 10 nitrogen and oxygen atoms in total. The number of carbonyl (C=O) groups is 2. The number of likely N-dealkylation sites (tertiary alicyclic amines) is 1. The quantitative estimate of drug-likeness (QED) is 0.342. The number of halogens is 4. The zero-order valence-electron chi connectivity index (χ0n) is 22.7. The van der Waals surface area contributed by atoms with E-state index in [9.17, 15) is 22.8 Å². The molecule has 0 radical (unpaired) electrons. The number of ether oxygens (including phenoxy) is 1. The number of pyridine rings is 1. The lowest BCUT2D eigenvalue weighted by Crippen LogP contribution is -2.45. The number of hydrogen-bond acceptors (Lipinski definition) is 8. The van der Waals surface area contributed by atoms with Crippen LogP contribution in [0.1, 0.15) is 34.3 Å². The van der Waals surface area contributed by atoms with Crippen LogP contribution in [0, 0.1) is 5.92 Å². The van der Waals surface area contributed by atoms with Crippen LogP contribution >= 0.6 is 11.6 Å². The highest BCUT2D eigenvalue weighted by Crippen LogP contribution is 2.33. The molecule has 3 N–H and O–H groups in total. The second-order valence-electron chi connectivity index (χ2n) is 9.67. The van der Waals surface area contributed by atoms with Gasteiger partial charge in [0.2, 0.25) is 5.91 Å². The van der Waals surface area contributed by atoms with Crippen molar-refractivity contribution in [3.05, 3.63) is 76.3 Å². The molecular weight excluding hydrogens is 575 g/mol. The molecule has 14 heteroatoms. The molecule has 1 aromatic heterocycles. The summed E-state index contributed by atoms with van der Waals surface area (Å²) in [4.78, 5) is 40.8. The number of aromatic nitrogens is 1. The van der Waals surface area contributed by atoms with Crippen LogP contribution in [0.5, 0.6) is 0 Å². The Kier molecular flexibility index (Phi) is 9.63. The lowest BCUT2D eigenvalue weighted by molar-refractivity contribution is -0.138. The number of alkyl halides is 3. The van der Waals surface area contributed by atoms with Gasteiger partial charge in [-0.15, -0.1) is 0 Å². The van der Waals surface area contributed by atoms with Crippen molar-refractivity contribution < 1.29 is 27.5 Å². The molecule has 1 atom stereocenters. The molecule has 1 saturated heterocycles. The number of anilines is 1. The first-order chi connectivity index (χ1) is 20.0. The van der Waals surface area contributed by atoms with Crippen LogP contribution in [0.3, 0.4) is 0 Å². The van der Waals surface area contributed by atoms with E-state index in [1.807, 2.05) is 0 Å². The van der Waals surface area contributed by atoms with E-state index in [0.717, 1.165) is 31.2 Å². The molecule has 0 aliphatic carbocycles. The molecule has 42 heavy (non-hydrogen) atoms. The van der Waals surface area contributed by atoms with Crippen molar-refractivity contribution >= 4 is 47.5 Å². The van der Waals surface area contributed by atoms with Crippen molar-refractivity contribution in [2.75, 3.05) is 38.7 Å². The minimum absolute atomic E-state index is 0.0108. The third-order valence-corrected chi connectivity index (χ3v) is 7.09. The van der Waals surface area contributed by atoms with Gasteiger partial charge in [0, 0.05) is 44.1 Å². The Morgan fingerprint density at radius 2 is 1.95 bits per heavy atom. The molecule has 3 heterocycles. The largest absolute Gasteiger partial charge is 0.416 e. The summed E-state index contributed by atoms with van der Waals surface area (Å²) in [5.74, 6) is -0.736. The van der Waals surface area contributed by atoms with Crippen LogP contribution < -0.4 is 11.1 Å². The molecular formula is C28H29ClF3N7O3. The number of amides is 2. The van der Waals surface area contributed by atoms with Gasteiger partial charge in [-0.3, -0.25) is 14.6 Å². The van der Waals surface area contributed by atoms with Gasteiger partial charge in [-0.2, -0.15) is 13.2 Å². The number of nitrogens with zero attached hydrogens (tertiary/aromatic N) is 5. The number of hydrogen-bond donors (Lipinski definition) is 2. The van der Waals surface area contributed by atoms with Gasteiger partial charge in [0.25, 0.3) is 5.91 Å². The van der Waals surface area contributed by atoms with Crippen molar-refractivity contribution in [1.82, 2.24) is 14.8 Å². The van der Waals surface area contributed by atoms with Gasteiger partial charge in [0.05, 0.1) is 17.5 Å². The third-order valence-electron chi connectivity index (χ3n) is 6.79. The van der Waals surface area contributed by atoms with E-state index in [0.29, 0.717) is 41.7 Å². The Morgan fingerprint density at radius 1 is 1.24 bits per heavy atom. The summed E-state index contributed by atoms with van der Waals surface area (Å²) in [6.45, 7) is 5.31. The van der Waals surface area contributed by atoms with Crippen LogP contribution in [-0.2, 0) is 15.7 Å². The monoisotopic (exact) mass is 603 g/mol. The maximum absolute atomic E-state index is 13.0. The predicted octanol–water partition coefficient (Wildman–Crippen LogP) is 4.32. The fourth-order valence-electron chi connectivity index (χ4n) is 4.79. The van der Waals surface area contributed by atoms with Crippen LogP contribution in [0.4, 0.5) is 19.0 Å². The number of benzene rings is 1. The molecule has 4 rings (SSSR count). The predicted molar refractivity (Wildman–Crippen MR) is 154 cm³/mol. The van der Waals surface area contributed by atoms with Crippen molar-refractivity contribution in [2.24, 2.45) is 21.6 Å². The molecule has 2 aromatic rings. The van der Waals surface area contributed by atoms with Crippen molar-refractivity contribution in [3.63, 3.8) is 0 Å². The molecule has 0 saturated carbocycles. The molecule has 0 bridgehead atoms. The van der Waals surface area contributed by atoms with E-state index in [1.165, 1.54) is 25.4 Å². The Bertz CT molecular complexity index is 1440. The van der Waals surface area contributed by atoms with E-state index >= 15 is 0 Å². The van der Waals surface area contributed by atoms with Crippen LogP contribution in [-0.4, -0.2) is 72.5 Å². The van der Waals surface area contributed by atoms with E-state index in [-0.39, 0.29) is 35.6 Å². The fraction of sp³-hybridized carbons (Fsp3) is 0.321. The van der Waals surface area contributed by atoms with Gasteiger partial charge in [-0.25, -0.2) is 9.98 Å². The SMILES string of the molecule is C=N/C(=C1/C(N)=NC=C(Cl)N1C[C@@H]1CCCN(C(=O)COC)C1)c1ccc(C(=O)Nc2cc(C(F)(F)F)ccn2)cc1. The number of nitrogens with one attached hydrogen (secondary N) is 1. The first-order valence-electron chi connectivity index (χ1n) is 12.9. The fourth-order valence-corrected chi connectivity index (χ4v) is 4.99. The van der Waals surface area contributed by atoms with Crippen molar-refractivity contribution in [2.45, 2.75) is 19.0 Å². The Balaban J connectivity index is 1.56. The van der Waals surface area contributed by atoms with Crippen LogP contribution in [0.15, 0.2) is 69.6 Å². The summed E-state index contributed by atoms with van der Waals surface area (Å²) in [5, 5.41) is 2.69. The lowest BCUT2D eigenvalue weighted by Gasteiger charge is -2.37. The van der Waals surface area contributed by atoms with Gasteiger partial charge in [-0.05, 0) is 49.7 Å². The maximum atomic E-state index is 13.0. The smallest absolute Gasteiger partial charge is 0.382 e. The molecule has 2 amide bonds. The summed E-state index contributed by atoms with van der Waals surface area (Å²) < 4.78 is 44.0. The topological polar surface area (TPSA) is 126 Å². The number of methoxy groups -OCH3 is 1. The summed E-state index contributed by atoms with van der Waals surface area (Å²) in [6.07, 6.45) is -0.473. The lowest BCUT2D eigenvalue weighted by atomic mass is 9.96. The number of rotatable bonds is 8. The number of amidine groups is 1. The van der Waals surface area contributed by atoms with Gasteiger partial charge < -0.3 is 25.6 Å². The Morgan fingerprint density at radius 3 is 2.62 bits per heavy atom. The van der Waals surface area contributed by atoms with E-state index in [1.54, 1.807) is 21.9 Å². The standard InChI is InChI=1S/C28H29ClF3N7O3/c1-34-24(18-5-7-19(8-6-18)27(41)37-22-12-20(9-10-35-22)28(30,31)32)25-26(33)36-13-21(29)39(25)15-17-4-3-11-38(14-17)23(40)16-42-2/h5-10,12-13,17H,1,3-4,11,14-16H2,2H3,(H2,33,36)(H,35,37,41)/b25-24-/t17-/m1/s1. The first kappa shape index (κ1) is 30.7.